The summed E-state index contributed by atoms with van der Waals surface area (Å²) in [4.78, 5) is 8.69. The number of aliphatic imine (C=N–C) groups is 1. The summed E-state index contributed by atoms with van der Waals surface area (Å²) in [5.74, 6) is 2.73. The molecule has 6 nitrogen and oxygen atoms in total. The van der Waals surface area contributed by atoms with Crippen molar-refractivity contribution >= 4 is 5.96 Å². The Morgan fingerprint density at radius 1 is 1.47 bits per heavy atom. The zero-order chi connectivity index (χ0) is 13.5. The van der Waals surface area contributed by atoms with Gasteiger partial charge in [-0.2, -0.15) is 5.10 Å². The Morgan fingerprint density at radius 3 is 2.95 bits per heavy atom. The van der Waals surface area contributed by atoms with Crippen LogP contribution in [0.4, 0.5) is 0 Å². The molecule has 6 heteroatoms. The maximum absolute atomic E-state index is 4.52. The van der Waals surface area contributed by atoms with Crippen molar-refractivity contribution in [3.63, 3.8) is 0 Å². The van der Waals surface area contributed by atoms with Crippen LogP contribution < -0.4 is 10.6 Å². The zero-order valence-corrected chi connectivity index (χ0v) is 11.9. The zero-order valence-electron chi connectivity index (χ0n) is 11.9. The second-order valence-corrected chi connectivity index (χ2v) is 5.01. The summed E-state index contributed by atoms with van der Waals surface area (Å²) in [5.41, 5.74) is 0. The summed E-state index contributed by atoms with van der Waals surface area (Å²) in [6.45, 7) is 4.48. The van der Waals surface area contributed by atoms with Crippen LogP contribution in [0.5, 0.6) is 0 Å². The first kappa shape index (κ1) is 13.8. The Kier molecular flexibility index (Phi) is 5.18. The van der Waals surface area contributed by atoms with E-state index in [1.807, 2.05) is 7.05 Å². The van der Waals surface area contributed by atoms with Crippen LogP contribution in [0.1, 0.15) is 38.4 Å². The Balaban J connectivity index is 1.74. The number of nitrogens with zero attached hydrogens (tertiary/aromatic N) is 4. The molecule has 0 spiro atoms. The number of hydrogen-bond donors (Lipinski definition) is 2. The minimum atomic E-state index is 0.550. The van der Waals surface area contributed by atoms with Gasteiger partial charge in [0.25, 0.3) is 0 Å². The summed E-state index contributed by atoms with van der Waals surface area (Å²) >= 11 is 0. The van der Waals surface area contributed by atoms with E-state index < -0.39 is 0 Å². The maximum Gasteiger partial charge on any atom is 0.191 e. The topological polar surface area (TPSA) is 67.1 Å². The molecule has 106 valence electrons. The Morgan fingerprint density at radius 2 is 2.32 bits per heavy atom. The average molecular weight is 264 g/mol. The molecule has 1 aliphatic rings. The van der Waals surface area contributed by atoms with Gasteiger partial charge in [-0.05, 0) is 25.7 Å². The third-order valence-corrected chi connectivity index (χ3v) is 3.31. The van der Waals surface area contributed by atoms with Crippen LogP contribution in [-0.4, -0.2) is 33.8 Å². The predicted molar refractivity (Wildman–Crippen MR) is 75.8 cm³/mol. The summed E-state index contributed by atoms with van der Waals surface area (Å²) in [6, 6.07) is 0. The molecule has 0 aliphatic heterocycles. The lowest BCUT2D eigenvalue weighted by molar-refractivity contribution is 0.643. The lowest BCUT2D eigenvalue weighted by Gasteiger charge is -2.10. The van der Waals surface area contributed by atoms with Crippen LogP contribution in [0, 0.1) is 5.92 Å². The molecule has 0 unspecified atom stereocenters. The van der Waals surface area contributed by atoms with Gasteiger partial charge in [0.15, 0.2) is 5.96 Å². The molecule has 19 heavy (non-hydrogen) atoms. The second kappa shape index (κ2) is 7.11. The number of nitrogens with one attached hydrogen (secondary N) is 2. The van der Waals surface area contributed by atoms with Gasteiger partial charge < -0.3 is 10.6 Å². The molecule has 2 rings (SSSR count). The van der Waals surface area contributed by atoms with E-state index in [9.17, 15) is 0 Å². The first-order valence-electron chi connectivity index (χ1n) is 7.14. The van der Waals surface area contributed by atoms with Crippen LogP contribution in [-0.2, 0) is 13.6 Å². The first-order valence-corrected chi connectivity index (χ1v) is 7.14. The van der Waals surface area contributed by atoms with Gasteiger partial charge >= 0.3 is 0 Å². The first-order chi connectivity index (χ1) is 9.29. The SMILES string of the molecule is CCNC(=NCc1ncnn1C)NCCCC1CC1. The molecule has 0 saturated heterocycles. The van der Waals surface area contributed by atoms with E-state index in [4.69, 9.17) is 0 Å². The Hall–Kier alpha value is -1.59. The molecule has 1 aromatic heterocycles. The average Bonchev–Trinajstić information content (AvgIpc) is 3.14. The fraction of sp³-hybridized carbons (Fsp3) is 0.769. The van der Waals surface area contributed by atoms with E-state index in [0.29, 0.717) is 6.54 Å². The van der Waals surface area contributed by atoms with E-state index in [2.05, 4.69) is 32.6 Å². The van der Waals surface area contributed by atoms with Crippen molar-refractivity contribution in [2.45, 2.75) is 39.2 Å². The quantitative estimate of drug-likeness (QED) is 0.439. The predicted octanol–water partition coefficient (Wildman–Crippen LogP) is 1.06. The van der Waals surface area contributed by atoms with E-state index in [0.717, 1.165) is 30.8 Å². The van der Waals surface area contributed by atoms with Gasteiger partial charge in [-0.1, -0.05) is 12.8 Å². The third kappa shape index (κ3) is 4.89. The third-order valence-electron chi connectivity index (χ3n) is 3.31. The number of guanidine groups is 1. The smallest absolute Gasteiger partial charge is 0.191 e. The second-order valence-electron chi connectivity index (χ2n) is 5.01. The number of rotatable bonds is 7. The van der Waals surface area contributed by atoms with Crippen molar-refractivity contribution in [2.75, 3.05) is 13.1 Å². The molecule has 0 aromatic carbocycles. The van der Waals surface area contributed by atoms with Crippen molar-refractivity contribution in [2.24, 2.45) is 18.0 Å². The molecule has 1 aromatic rings. The normalized spacial score (nSPS) is 15.6. The highest BCUT2D eigenvalue weighted by atomic mass is 15.3. The fourth-order valence-electron chi connectivity index (χ4n) is 1.96. The van der Waals surface area contributed by atoms with Gasteiger partial charge in [-0.25, -0.2) is 9.98 Å². The summed E-state index contributed by atoms with van der Waals surface area (Å²) < 4.78 is 1.75. The Bertz CT molecular complexity index is 407. The highest BCUT2D eigenvalue weighted by Crippen LogP contribution is 2.33. The summed E-state index contributed by atoms with van der Waals surface area (Å²) in [5, 5.41) is 10.7. The van der Waals surface area contributed by atoms with Crippen molar-refractivity contribution in [3.05, 3.63) is 12.2 Å². The van der Waals surface area contributed by atoms with Crippen LogP contribution in [0.15, 0.2) is 11.3 Å². The van der Waals surface area contributed by atoms with Gasteiger partial charge in [0, 0.05) is 20.1 Å². The van der Waals surface area contributed by atoms with Gasteiger partial charge in [0.1, 0.15) is 18.7 Å². The molecule has 2 N–H and O–H groups in total. The standard InChI is InChI=1S/C13H24N6/c1-3-14-13(15-8-4-5-11-6-7-11)16-9-12-17-10-18-19(12)2/h10-11H,3-9H2,1-2H3,(H2,14,15,16). The maximum atomic E-state index is 4.52. The van der Waals surface area contributed by atoms with Crippen LogP contribution in [0.2, 0.25) is 0 Å². The molecule has 1 saturated carbocycles. The monoisotopic (exact) mass is 264 g/mol. The number of hydrogen-bond acceptors (Lipinski definition) is 3. The molecule has 0 atom stereocenters. The molecule has 0 amide bonds. The number of aromatic nitrogens is 3. The lowest BCUT2D eigenvalue weighted by Crippen LogP contribution is -2.37. The van der Waals surface area contributed by atoms with Crippen molar-refractivity contribution in [1.29, 1.82) is 0 Å². The minimum absolute atomic E-state index is 0.550. The fourth-order valence-corrected chi connectivity index (χ4v) is 1.96. The number of aryl methyl sites for hydroxylation is 1. The van der Waals surface area contributed by atoms with Crippen LogP contribution in [0.25, 0.3) is 0 Å². The molecule has 1 heterocycles. The minimum Gasteiger partial charge on any atom is -0.357 e. The van der Waals surface area contributed by atoms with Crippen molar-refractivity contribution in [1.82, 2.24) is 25.4 Å². The molecule has 1 aliphatic carbocycles. The van der Waals surface area contributed by atoms with Gasteiger partial charge in [-0.3, -0.25) is 4.68 Å². The molecular weight excluding hydrogens is 240 g/mol. The Labute approximate surface area is 114 Å². The van der Waals surface area contributed by atoms with Gasteiger partial charge in [0.05, 0.1) is 0 Å². The van der Waals surface area contributed by atoms with Crippen LogP contribution in [0.3, 0.4) is 0 Å². The van der Waals surface area contributed by atoms with Crippen molar-refractivity contribution < 1.29 is 0 Å². The van der Waals surface area contributed by atoms with Crippen molar-refractivity contribution in [3.8, 4) is 0 Å². The molecule has 0 radical (unpaired) electrons. The van der Waals surface area contributed by atoms with Crippen LogP contribution >= 0.6 is 0 Å². The van der Waals surface area contributed by atoms with E-state index >= 15 is 0 Å². The summed E-state index contributed by atoms with van der Waals surface area (Å²) in [6.07, 6.45) is 6.98. The molecular formula is C13H24N6. The molecule has 1 fully saturated rings. The van der Waals surface area contributed by atoms with E-state index in [-0.39, 0.29) is 0 Å². The van der Waals surface area contributed by atoms with Gasteiger partial charge in [0.2, 0.25) is 0 Å². The summed E-state index contributed by atoms with van der Waals surface area (Å²) in [7, 11) is 1.88. The molecule has 0 bridgehead atoms. The lowest BCUT2D eigenvalue weighted by atomic mass is 10.2. The van der Waals surface area contributed by atoms with E-state index in [1.165, 1.54) is 25.7 Å². The van der Waals surface area contributed by atoms with E-state index in [1.54, 1.807) is 11.0 Å². The highest BCUT2D eigenvalue weighted by molar-refractivity contribution is 5.79. The largest absolute Gasteiger partial charge is 0.357 e. The highest BCUT2D eigenvalue weighted by Gasteiger charge is 2.19. The van der Waals surface area contributed by atoms with Gasteiger partial charge in [-0.15, -0.1) is 0 Å².